The lowest BCUT2D eigenvalue weighted by molar-refractivity contribution is 0.0697. The maximum absolute atomic E-state index is 10.8. The molecule has 0 aliphatic rings. The number of anilines is 2. The molecule has 0 atom stereocenters. The van der Waals surface area contributed by atoms with Crippen LogP contribution in [0.3, 0.4) is 0 Å². The van der Waals surface area contributed by atoms with Crippen LogP contribution in [0.1, 0.15) is 10.4 Å². The maximum Gasteiger partial charge on any atom is 0.335 e. The first-order chi connectivity index (χ1) is 9.61. The summed E-state index contributed by atoms with van der Waals surface area (Å²) in [6, 6.07) is 12.0. The molecule has 0 amide bonds. The standard InChI is InChI=1S/C15H16N2O3/c16-14-6-5-12(17-7-8-18)9-13(14)10-1-3-11(4-2-10)15(19)20/h1-6,9,17-18H,7-8,16H2,(H,19,20). The van der Waals surface area contributed by atoms with E-state index in [2.05, 4.69) is 5.32 Å². The highest BCUT2D eigenvalue weighted by Gasteiger charge is 2.06. The fourth-order valence-electron chi connectivity index (χ4n) is 1.91. The number of rotatable bonds is 5. The smallest absolute Gasteiger partial charge is 0.335 e. The Bertz CT molecular complexity index is 609. The van der Waals surface area contributed by atoms with Gasteiger partial charge in [0, 0.05) is 23.5 Å². The Hall–Kier alpha value is -2.53. The topological polar surface area (TPSA) is 95.6 Å². The van der Waals surface area contributed by atoms with Gasteiger partial charge >= 0.3 is 5.97 Å². The van der Waals surface area contributed by atoms with E-state index in [0.717, 1.165) is 16.8 Å². The van der Waals surface area contributed by atoms with Crippen LogP contribution in [-0.4, -0.2) is 29.3 Å². The third-order valence-corrected chi connectivity index (χ3v) is 2.94. The van der Waals surface area contributed by atoms with E-state index in [4.69, 9.17) is 15.9 Å². The second-order valence-electron chi connectivity index (χ2n) is 4.33. The van der Waals surface area contributed by atoms with Gasteiger partial charge in [0.15, 0.2) is 0 Å². The van der Waals surface area contributed by atoms with Crippen molar-refractivity contribution in [1.29, 1.82) is 0 Å². The van der Waals surface area contributed by atoms with Gasteiger partial charge in [0.2, 0.25) is 0 Å². The van der Waals surface area contributed by atoms with Crippen LogP contribution in [0.15, 0.2) is 42.5 Å². The Morgan fingerprint density at radius 3 is 2.45 bits per heavy atom. The molecule has 0 fully saturated rings. The van der Waals surface area contributed by atoms with Gasteiger partial charge in [0.25, 0.3) is 0 Å². The Labute approximate surface area is 116 Å². The summed E-state index contributed by atoms with van der Waals surface area (Å²) in [5.41, 5.74) is 9.33. The number of nitrogens with one attached hydrogen (secondary N) is 1. The molecule has 5 heteroatoms. The largest absolute Gasteiger partial charge is 0.478 e. The summed E-state index contributed by atoms with van der Waals surface area (Å²) >= 11 is 0. The lowest BCUT2D eigenvalue weighted by atomic mass is 10.0. The summed E-state index contributed by atoms with van der Waals surface area (Å²) in [5.74, 6) is -0.956. The molecule has 0 aromatic heterocycles. The quantitative estimate of drug-likeness (QED) is 0.625. The van der Waals surface area contributed by atoms with E-state index in [0.29, 0.717) is 12.2 Å². The second kappa shape index (κ2) is 6.08. The molecule has 2 rings (SSSR count). The molecule has 20 heavy (non-hydrogen) atoms. The van der Waals surface area contributed by atoms with Crippen LogP contribution in [0.2, 0.25) is 0 Å². The van der Waals surface area contributed by atoms with E-state index >= 15 is 0 Å². The van der Waals surface area contributed by atoms with Crippen molar-refractivity contribution < 1.29 is 15.0 Å². The van der Waals surface area contributed by atoms with Crippen molar-refractivity contribution in [2.24, 2.45) is 0 Å². The summed E-state index contributed by atoms with van der Waals surface area (Å²) in [6.07, 6.45) is 0. The van der Waals surface area contributed by atoms with Gasteiger partial charge in [-0.25, -0.2) is 4.79 Å². The third-order valence-electron chi connectivity index (χ3n) is 2.94. The lowest BCUT2D eigenvalue weighted by Crippen LogP contribution is -2.05. The molecule has 104 valence electrons. The molecule has 5 nitrogen and oxygen atoms in total. The van der Waals surface area contributed by atoms with Crippen molar-refractivity contribution in [3.8, 4) is 11.1 Å². The van der Waals surface area contributed by atoms with Gasteiger partial charge in [-0.1, -0.05) is 12.1 Å². The predicted octanol–water partition coefficient (Wildman–Crippen LogP) is 2.04. The van der Waals surface area contributed by atoms with E-state index in [1.165, 1.54) is 0 Å². The molecular weight excluding hydrogens is 256 g/mol. The summed E-state index contributed by atoms with van der Waals surface area (Å²) < 4.78 is 0. The number of hydrogen-bond acceptors (Lipinski definition) is 4. The van der Waals surface area contributed by atoms with Crippen LogP contribution in [-0.2, 0) is 0 Å². The number of nitrogen functional groups attached to an aromatic ring is 1. The molecule has 2 aromatic carbocycles. The summed E-state index contributed by atoms with van der Waals surface area (Å²) in [6.45, 7) is 0.508. The van der Waals surface area contributed by atoms with E-state index in [-0.39, 0.29) is 12.2 Å². The predicted molar refractivity (Wildman–Crippen MR) is 78.8 cm³/mol. The number of aromatic carboxylic acids is 1. The number of carboxylic acid groups (broad SMARTS) is 1. The van der Waals surface area contributed by atoms with Crippen molar-refractivity contribution in [2.75, 3.05) is 24.2 Å². The zero-order chi connectivity index (χ0) is 14.5. The van der Waals surface area contributed by atoms with Crippen molar-refractivity contribution in [1.82, 2.24) is 0 Å². The number of aliphatic hydroxyl groups is 1. The van der Waals surface area contributed by atoms with Gasteiger partial charge in [-0.2, -0.15) is 0 Å². The van der Waals surface area contributed by atoms with Gasteiger partial charge in [-0.05, 0) is 35.9 Å². The summed E-state index contributed by atoms with van der Waals surface area (Å²) in [5, 5.41) is 20.8. The minimum Gasteiger partial charge on any atom is -0.478 e. The molecule has 2 aromatic rings. The first-order valence-corrected chi connectivity index (χ1v) is 6.20. The average molecular weight is 272 g/mol. The number of hydrogen-bond donors (Lipinski definition) is 4. The highest BCUT2D eigenvalue weighted by atomic mass is 16.4. The molecule has 0 radical (unpaired) electrons. The SMILES string of the molecule is Nc1ccc(NCCO)cc1-c1ccc(C(=O)O)cc1. The molecule has 0 saturated heterocycles. The first kappa shape index (κ1) is 13.9. The van der Waals surface area contributed by atoms with Crippen LogP contribution in [0, 0.1) is 0 Å². The summed E-state index contributed by atoms with van der Waals surface area (Å²) in [4.78, 5) is 10.8. The number of aliphatic hydroxyl groups excluding tert-OH is 1. The van der Waals surface area contributed by atoms with Gasteiger partial charge in [-0.15, -0.1) is 0 Å². The number of nitrogens with two attached hydrogens (primary N) is 1. The fourth-order valence-corrected chi connectivity index (χ4v) is 1.91. The van der Waals surface area contributed by atoms with E-state index < -0.39 is 5.97 Å². The molecule has 5 N–H and O–H groups in total. The van der Waals surface area contributed by atoms with Crippen LogP contribution in [0.5, 0.6) is 0 Å². The van der Waals surface area contributed by atoms with Gasteiger partial charge in [-0.3, -0.25) is 0 Å². The van der Waals surface area contributed by atoms with Crippen LogP contribution >= 0.6 is 0 Å². The second-order valence-corrected chi connectivity index (χ2v) is 4.33. The van der Waals surface area contributed by atoms with Crippen molar-refractivity contribution >= 4 is 17.3 Å². The van der Waals surface area contributed by atoms with Crippen molar-refractivity contribution in [3.63, 3.8) is 0 Å². The van der Waals surface area contributed by atoms with Crippen LogP contribution < -0.4 is 11.1 Å². The molecular formula is C15H16N2O3. The monoisotopic (exact) mass is 272 g/mol. The van der Waals surface area contributed by atoms with Crippen molar-refractivity contribution in [2.45, 2.75) is 0 Å². The Kier molecular flexibility index (Phi) is 4.22. The summed E-state index contributed by atoms with van der Waals surface area (Å²) in [7, 11) is 0. The van der Waals surface area contributed by atoms with E-state index in [1.807, 2.05) is 12.1 Å². The highest BCUT2D eigenvalue weighted by molar-refractivity contribution is 5.89. The Balaban J connectivity index is 2.33. The minimum atomic E-state index is -0.956. The first-order valence-electron chi connectivity index (χ1n) is 6.20. The van der Waals surface area contributed by atoms with Crippen LogP contribution in [0.25, 0.3) is 11.1 Å². The average Bonchev–Trinajstić information content (AvgIpc) is 2.46. The van der Waals surface area contributed by atoms with Gasteiger partial charge in [0.1, 0.15) is 0 Å². The molecule has 0 unspecified atom stereocenters. The molecule has 0 aliphatic carbocycles. The fraction of sp³-hybridized carbons (Fsp3) is 0.133. The lowest BCUT2D eigenvalue weighted by Gasteiger charge is -2.10. The molecule has 0 aliphatic heterocycles. The van der Waals surface area contributed by atoms with E-state index in [9.17, 15) is 4.79 Å². The maximum atomic E-state index is 10.8. The number of carboxylic acids is 1. The number of carbonyl (C=O) groups is 1. The zero-order valence-corrected chi connectivity index (χ0v) is 10.8. The normalized spacial score (nSPS) is 10.2. The zero-order valence-electron chi connectivity index (χ0n) is 10.8. The van der Waals surface area contributed by atoms with Crippen molar-refractivity contribution in [3.05, 3.63) is 48.0 Å². The Morgan fingerprint density at radius 2 is 1.85 bits per heavy atom. The van der Waals surface area contributed by atoms with Gasteiger partial charge in [0.05, 0.1) is 12.2 Å². The number of benzene rings is 2. The molecule has 0 saturated carbocycles. The molecule has 0 heterocycles. The minimum absolute atomic E-state index is 0.0486. The van der Waals surface area contributed by atoms with Gasteiger partial charge < -0.3 is 21.3 Å². The molecule has 0 bridgehead atoms. The third kappa shape index (κ3) is 3.07. The Morgan fingerprint density at radius 1 is 1.15 bits per heavy atom. The van der Waals surface area contributed by atoms with Crippen LogP contribution in [0.4, 0.5) is 11.4 Å². The molecule has 0 spiro atoms. The van der Waals surface area contributed by atoms with E-state index in [1.54, 1.807) is 30.3 Å². The highest BCUT2D eigenvalue weighted by Crippen LogP contribution is 2.29.